The summed E-state index contributed by atoms with van der Waals surface area (Å²) in [6.45, 7) is 6.15. The Balaban J connectivity index is 3.28. The highest BCUT2D eigenvalue weighted by molar-refractivity contribution is 14.1. The third-order valence-corrected chi connectivity index (χ3v) is 5.17. The fourth-order valence-electron chi connectivity index (χ4n) is 1.24. The van der Waals surface area contributed by atoms with Crippen LogP contribution in [0, 0.1) is 10.5 Å². The van der Waals surface area contributed by atoms with Crippen LogP contribution in [-0.2, 0) is 9.84 Å². The summed E-state index contributed by atoms with van der Waals surface area (Å²) in [5.74, 6) is 1.05. The largest absolute Gasteiger partial charge is 0.369 e. The van der Waals surface area contributed by atoms with Gasteiger partial charge in [-0.2, -0.15) is 0 Å². The summed E-state index contributed by atoms with van der Waals surface area (Å²) in [6, 6.07) is 0. The van der Waals surface area contributed by atoms with Crippen LogP contribution in [-0.4, -0.2) is 31.2 Å². The molecule has 0 saturated heterocycles. The molecule has 0 aromatic carbocycles. The van der Waals surface area contributed by atoms with Gasteiger partial charge in [-0.05, 0) is 43.4 Å². The maximum absolute atomic E-state index is 11.5. The minimum atomic E-state index is -3.17. The first-order valence-corrected chi connectivity index (χ1v) is 8.27. The van der Waals surface area contributed by atoms with E-state index in [9.17, 15) is 8.42 Å². The first kappa shape index (κ1) is 14.6. The Labute approximate surface area is 115 Å². The van der Waals surface area contributed by atoms with Crippen LogP contribution in [0.25, 0.3) is 0 Å². The molecule has 1 N–H and O–H groups in total. The second-order valence-electron chi connectivity index (χ2n) is 3.83. The van der Waals surface area contributed by atoms with Crippen LogP contribution in [0.3, 0.4) is 0 Å². The maximum Gasteiger partial charge on any atom is 0.157 e. The van der Waals surface area contributed by atoms with Gasteiger partial charge < -0.3 is 5.32 Å². The van der Waals surface area contributed by atoms with E-state index in [1.54, 1.807) is 6.92 Å². The molecule has 0 bridgehead atoms. The van der Waals surface area contributed by atoms with E-state index >= 15 is 0 Å². The number of nitrogens with one attached hydrogen (secondary N) is 1. The van der Waals surface area contributed by atoms with Crippen LogP contribution in [0.5, 0.6) is 0 Å². The number of rotatable bonds is 4. The summed E-state index contributed by atoms with van der Waals surface area (Å²) < 4.78 is 23.9. The van der Waals surface area contributed by atoms with Crippen LogP contribution >= 0.6 is 22.6 Å². The first-order valence-electron chi connectivity index (χ1n) is 5.24. The molecule has 0 fully saturated rings. The Kier molecular flexibility index (Phi) is 4.70. The number of hydrogen-bond donors (Lipinski definition) is 1. The summed E-state index contributed by atoms with van der Waals surface area (Å²) in [4.78, 5) is 8.52. The number of sulfone groups is 1. The van der Waals surface area contributed by atoms with Gasteiger partial charge in [0.2, 0.25) is 0 Å². The Hall–Kier alpha value is -0.440. The summed E-state index contributed by atoms with van der Waals surface area (Å²) in [6.07, 6.45) is 1.20. The van der Waals surface area contributed by atoms with Gasteiger partial charge in [0.1, 0.15) is 16.9 Å². The van der Waals surface area contributed by atoms with Gasteiger partial charge in [0.25, 0.3) is 0 Å². The summed E-state index contributed by atoms with van der Waals surface area (Å²) in [7, 11) is -3.17. The summed E-state index contributed by atoms with van der Waals surface area (Å²) >= 11 is 2.15. The van der Waals surface area contributed by atoms with Gasteiger partial charge in [-0.15, -0.1) is 0 Å². The van der Waals surface area contributed by atoms with Crippen LogP contribution in [0.15, 0.2) is 0 Å². The van der Waals surface area contributed by atoms with E-state index in [1.165, 1.54) is 6.26 Å². The molecule has 1 unspecified atom stereocenters. The Morgan fingerprint density at radius 1 is 1.41 bits per heavy atom. The Morgan fingerprint density at radius 2 is 2.00 bits per heavy atom. The fourth-order valence-corrected chi connectivity index (χ4v) is 2.16. The van der Waals surface area contributed by atoms with Crippen molar-refractivity contribution in [2.24, 2.45) is 0 Å². The van der Waals surface area contributed by atoms with E-state index in [0.29, 0.717) is 11.6 Å². The van der Waals surface area contributed by atoms with Crippen molar-refractivity contribution in [3.63, 3.8) is 0 Å². The smallest absolute Gasteiger partial charge is 0.157 e. The van der Waals surface area contributed by atoms with Crippen molar-refractivity contribution >= 4 is 38.2 Å². The van der Waals surface area contributed by atoms with Crippen molar-refractivity contribution in [2.45, 2.75) is 26.0 Å². The Bertz CT molecular complexity index is 517. The number of hydrogen-bond acceptors (Lipinski definition) is 5. The quantitative estimate of drug-likeness (QED) is 0.822. The van der Waals surface area contributed by atoms with Crippen LogP contribution < -0.4 is 5.32 Å². The molecule has 96 valence electrons. The van der Waals surface area contributed by atoms with Crippen molar-refractivity contribution in [3.05, 3.63) is 15.1 Å². The molecule has 0 radical (unpaired) electrons. The number of nitrogens with zero attached hydrogens (tertiary/aromatic N) is 2. The van der Waals surface area contributed by atoms with Crippen molar-refractivity contribution in [1.29, 1.82) is 0 Å². The highest BCUT2D eigenvalue weighted by atomic mass is 127. The van der Waals surface area contributed by atoms with E-state index in [0.717, 1.165) is 15.8 Å². The van der Waals surface area contributed by atoms with Crippen LogP contribution in [0.4, 0.5) is 5.82 Å². The van der Waals surface area contributed by atoms with Gasteiger partial charge in [0.05, 0.1) is 9.26 Å². The summed E-state index contributed by atoms with van der Waals surface area (Å²) in [5, 5.41) is 2.43. The number of aromatic nitrogens is 2. The molecule has 1 heterocycles. The molecule has 5 nitrogen and oxygen atoms in total. The maximum atomic E-state index is 11.5. The normalized spacial score (nSPS) is 13.5. The molecule has 1 rings (SSSR count). The molecular formula is C10H16IN3O2S. The van der Waals surface area contributed by atoms with Gasteiger partial charge in [0, 0.05) is 12.8 Å². The van der Waals surface area contributed by atoms with E-state index in [1.807, 2.05) is 13.8 Å². The molecule has 0 spiro atoms. The molecule has 1 aromatic heterocycles. The van der Waals surface area contributed by atoms with Gasteiger partial charge >= 0.3 is 0 Å². The third-order valence-electron chi connectivity index (χ3n) is 2.38. The predicted molar refractivity (Wildman–Crippen MR) is 76.9 cm³/mol. The lowest BCUT2D eigenvalue weighted by Crippen LogP contribution is -2.15. The topological polar surface area (TPSA) is 72.0 Å². The summed E-state index contributed by atoms with van der Waals surface area (Å²) in [5.41, 5.74) is 0.794. The van der Waals surface area contributed by atoms with Crippen molar-refractivity contribution in [3.8, 4) is 0 Å². The molecule has 1 aromatic rings. The van der Waals surface area contributed by atoms with Gasteiger partial charge in [-0.3, -0.25) is 0 Å². The van der Waals surface area contributed by atoms with E-state index in [2.05, 4.69) is 37.9 Å². The zero-order valence-corrected chi connectivity index (χ0v) is 13.3. The number of anilines is 1. The lowest BCUT2D eigenvalue weighted by molar-refractivity contribution is 0.589. The third kappa shape index (κ3) is 3.51. The lowest BCUT2D eigenvalue weighted by atomic mass is 10.3. The average molecular weight is 369 g/mol. The minimum absolute atomic E-state index is 0.348. The Morgan fingerprint density at radius 3 is 2.47 bits per heavy atom. The lowest BCUT2D eigenvalue weighted by Gasteiger charge is -2.13. The minimum Gasteiger partial charge on any atom is -0.369 e. The second-order valence-corrected chi connectivity index (χ2v) is 7.28. The van der Waals surface area contributed by atoms with E-state index < -0.39 is 15.1 Å². The van der Waals surface area contributed by atoms with Crippen molar-refractivity contribution in [1.82, 2.24) is 9.97 Å². The molecule has 0 aliphatic carbocycles. The molecule has 0 aliphatic heterocycles. The monoisotopic (exact) mass is 369 g/mol. The van der Waals surface area contributed by atoms with Gasteiger partial charge in [-0.25, -0.2) is 18.4 Å². The van der Waals surface area contributed by atoms with Crippen LogP contribution in [0.1, 0.15) is 30.6 Å². The SMILES string of the molecule is CCNc1nc(C(C)S(C)(=O)=O)nc(C)c1I. The van der Waals surface area contributed by atoms with Crippen LogP contribution in [0.2, 0.25) is 0 Å². The zero-order valence-electron chi connectivity index (χ0n) is 10.3. The zero-order chi connectivity index (χ0) is 13.2. The van der Waals surface area contributed by atoms with Crippen molar-refractivity contribution < 1.29 is 8.42 Å². The van der Waals surface area contributed by atoms with Gasteiger partial charge in [0.15, 0.2) is 9.84 Å². The number of halogens is 1. The van der Waals surface area contributed by atoms with E-state index in [-0.39, 0.29) is 0 Å². The number of aryl methyl sites for hydroxylation is 1. The molecular weight excluding hydrogens is 353 g/mol. The molecule has 7 heteroatoms. The molecule has 1 atom stereocenters. The standard InChI is InChI=1S/C10H16IN3O2S/c1-5-12-10-8(11)6(2)13-9(14-10)7(3)17(4,15)16/h7H,5H2,1-4H3,(H,12,13,14). The predicted octanol–water partition coefficient (Wildman–Crippen LogP) is 1.93. The average Bonchev–Trinajstić information content (AvgIpc) is 2.22. The fraction of sp³-hybridized carbons (Fsp3) is 0.600. The van der Waals surface area contributed by atoms with E-state index in [4.69, 9.17) is 0 Å². The molecule has 0 amide bonds. The second kappa shape index (κ2) is 5.47. The van der Waals surface area contributed by atoms with Crippen molar-refractivity contribution in [2.75, 3.05) is 18.1 Å². The van der Waals surface area contributed by atoms with Gasteiger partial charge in [-0.1, -0.05) is 0 Å². The molecule has 0 saturated carbocycles. The highest BCUT2D eigenvalue weighted by Crippen LogP contribution is 2.23. The highest BCUT2D eigenvalue weighted by Gasteiger charge is 2.22. The first-order chi connectivity index (χ1) is 7.77. The molecule has 17 heavy (non-hydrogen) atoms. The molecule has 0 aliphatic rings.